The van der Waals surface area contributed by atoms with Gasteiger partial charge in [-0.1, -0.05) is 18.2 Å². The van der Waals surface area contributed by atoms with Crippen molar-refractivity contribution in [3.63, 3.8) is 0 Å². The molecule has 1 saturated heterocycles. The molecule has 7 nitrogen and oxygen atoms in total. The summed E-state index contributed by atoms with van der Waals surface area (Å²) in [6.45, 7) is 5.27. The third kappa shape index (κ3) is 4.34. The van der Waals surface area contributed by atoms with Gasteiger partial charge in [0.25, 0.3) is 0 Å². The van der Waals surface area contributed by atoms with Crippen molar-refractivity contribution in [3.8, 4) is 5.75 Å². The van der Waals surface area contributed by atoms with Gasteiger partial charge < -0.3 is 19.9 Å². The number of ether oxygens (including phenoxy) is 1. The number of rotatable bonds is 6. The van der Waals surface area contributed by atoms with Crippen molar-refractivity contribution in [1.82, 2.24) is 9.88 Å². The smallest absolute Gasteiger partial charge is 0.228 e. The first-order chi connectivity index (χ1) is 14.2. The highest BCUT2D eigenvalue weighted by Gasteiger charge is 2.49. The number of aromatic nitrogens is 1. The van der Waals surface area contributed by atoms with Crippen LogP contribution in [0.2, 0.25) is 0 Å². The number of piperazine rings is 1. The molecule has 0 bridgehead atoms. The summed E-state index contributed by atoms with van der Waals surface area (Å²) in [5.41, 5.74) is 0.654. The molecule has 29 heavy (non-hydrogen) atoms. The number of pyridine rings is 1. The summed E-state index contributed by atoms with van der Waals surface area (Å²) in [7, 11) is 0. The van der Waals surface area contributed by atoms with E-state index in [0.717, 1.165) is 18.9 Å². The predicted molar refractivity (Wildman–Crippen MR) is 111 cm³/mol. The van der Waals surface area contributed by atoms with Gasteiger partial charge in [-0.3, -0.25) is 9.59 Å². The normalized spacial score (nSPS) is 20.9. The fourth-order valence-electron chi connectivity index (χ4n) is 3.77. The molecule has 152 valence electrons. The minimum absolute atomic E-state index is 0.0870. The van der Waals surface area contributed by atoms with E-state index in [1.807, 2.05) is 54.3 Å². The highest BCUT2D eigenvalue weighted by atomic mass is 16.5. The largest absolute Gasteiger partial charge is 0.492 e. The van der Waals surface area contributed by atoms with Gasteiger partial charge in [-0.25, -0.2) is 4.98 Å². The van der Waals surface area contributed by atoms with Crippen LogP contribution in [0.25, 0.3) is 0 Å². The Morgan fingerprint density at radius 3 is 2.55 bits per heavy atom. The van der Waals surface area contributed by atoms with Crippen LogP contribution in [0.3, 0.4) is 0 Å². The zero-order valence-electron chi connectivity index (χ0n) is 16.6. The van der Waals surface area contributed by atoms with Gasteiger partial charge in [-0.15, -0.1) is 0 Å². The molecule has 0 spiro atoms. The molecule has 4 rings (SSSR count). The maximum absolute atomic E-state index is 12.8. The summed E-state index contributed by atoms with van der Waals surface area (Å²) in [4.78, 5) is 33.9. The molecular weight excluding hydrogens is 368 g/mol. The van der Waals surface area contributed by atoms with Crippen LogP contribution >= 0.6 is 0 Å². The molecule has 7 heteroatoms. The first-order valence-corrected chi connectivity index (χ1v) is 10.1. The Morgan fingerprint density at radius 2 is 1.83 bits per heavy atom. The topological polar surface area (TPSA) is 74.8 Å². The van der Waals surface area contributed by atoms with Crippen LogP contribution in [0.5, 0.6) is 5.75 Å². The number of amides is 2. The van der Waals surface area contributed by atoms with Gasteiger partial charge in [0.05, 0.1) is 24.1 Å². The quantitative estimate of drug-likeness (QED) is 0.814. The summed E-state index contributed by atoms with van der Waals surface area (Å²) >= 11 is 0. The van der Waals surface area contributed by atoms with Crippen molar-refractivity contribution in [3.05, 3.63) is 48.7 Å². The molecule has 2 amide bonds. The third-order valence-corrected chi connectivity index (χ3v) is 5.45. The SMILES string of the molecule is CCOc1ccccc1NC(=O)C1CC1C(=O)N1CCN(c2ccccn2)CC1. The van der Waals surface area contributed by atoms with Crippen molar-refractivity contribution in [1.29, 1.82) is 0 Å². The van der Waals surface area contributed by atoms with Crippen LogP contribution in [0.4, 0.5) is 11.5 Å². The lowest BCUT2D eigenvalue weighted by Gasteiger charge is -2.35. The summed E-state index contributed by atoms with van der Waals surface area (Å²) in [5, 5.41) is 2.92. The Morgan fingerprint density at radius 1 is 1.07 bits per heavy atom. The summed E-state index contributed by atoms with van der Waals surface area (Å²) in [5.74, 6) is 1.10. The Bertz CT molecular complexity index is 865. The van der Waals surface area contributed by atoms with Crippen LogP contribution < -0.4 is 15.0 Å². The van der Waals surface area contributed by atoms with Crippen LogP contribution in [-0.4, -0.2) is 54.5 Å². The zero-order chi connectivity index (χ0) is 20.2. The maximum Gasteiger partial charge on any atom is 0.228 e. The Balaban J connectivity index is 1.29. The Kier molecular flexibility index (Phi) is 5.64. The fourth-order valence-corrected chi connectivity index (χ4v) is 3.77. The van der Waals surface area contributed by atoms with Gasteiger partial charge in [-0.2, -0.15) is 0 Å². The molecule has 2 heterocycles. The molecule has 1 aliphatic heterocycles. The first kappa shape index (κ1) is 19.2. The number of nitrogens with one attached hydrogen (secondary N) is 1. The highest BCUT2D eigenvalue weighted by molar-refractivity contribution is 6.00. The first-order valence-electron chi connectivity index (χ1n) is 10.1. The van der Waals surface area contributed by atoms with Crippen LogP contribution in [0.15, 0.2) is 48.7 Å². The van der Waals surface area contributed by atoms with E-state index in [0.29, 0.717) is 37.6 Å². The second-order valence-corrected chi connectivity index (χ2v) is 7.37. The minimum atomic E-state index is -0.258. The monoisotopic (exact) mass is 394 g/mol. The molecule has 2 unspecified atom stereocenters. The van der Waals surface area contributed by atoms with Crippen molar-refractivity contribution >= 4 is 23.3 Å². The molecule has 2 aromatic rings. The third-order valence-electron chi connectivity index (χ3n) is 5.45. The van der Waals surface area contributed by atoms with E-state index in [4.69, 9.17) is 4.74 Å². The summed E-state index contributed by atoms with van der Waals surface area (Å²) in [6.07, 6.45) is 2.39. The number of para-hydroxylation sites is 2. The summed E-state index contributed by atoms with van der Waals surface area (Å²) < 4.78 is 5.55. The van der Waals surface area contributed by atoms with E-state index < -0.39 is 0 Å². The van der Waals surface area contributed by atoms with Crippen molar-refractivity contribution < 1.29 is 14.3 Å². The van der Waals surface area contributed by atoms with Gasteiger partial charge in [0.1, 0.15) is 11.6 Å². The van der Waals surface area contributed by atoms with E-state index in [-0.39, 0.29) is 23.7 Å². The van der Waals surface area contributed by atoms with Crippen LogP contribution in [0.1, 0.15) is 13.3 Å². The highest BCUT2D eigenvalue weighted by Crippen LogP contribution is 2.41. The standard InChI is InChI=1S/C22H26N4O3/c1-2-29-19-8-4-3-7-18(19)24-21(27)16-15-17(16)22(28)26-13-11-25(12-14-26)20-9-5-6-10-23-20/h3-10,16-17H,2,11-15H2,1H3,(H,24,27). The molecule has 2 atom stereocenters. The second-order valence-electron chi connectivity index (χ2n) is 7.37. The molecular formula is C22H26N4O3. The number of anilines is 2. The van der Waals surface area contributed by atoms with Crippen LogP contribution in [0, 0.1) is 11.8 Å². The van der Waals surface area contributed by atoms with Crippen molar-refractivity contribution in [2.75, 3.05) is 43.0 Å². The molecule has 1 saturated carbocycles. The Labute approximate surface area is 170 Å². The number of carbonyl (C=O) groups is 2. The number of benzene rings is 1. The zero-order valence-corrected chi connectivity index (χ0v) is 16.6. The fraction of sp³-hybridized carbons (Fsp3) is 0.409. The molecule has 1 N–H and O–H groups in total. The lowest BCUT2D eigenvalue weighted by atomic mass is 10.2. The number of nitrogens with zero attached hydrogens (tertiary/aromatic N) is 3. The molecule has 2 fully saturated rings. The van der Waals surface area contributed by atoms with E-state index >= 15 is 0 Å². The predicted octanol–water partition coefficient (Wildman–Crippen LogP) is 2.40. The molecule has 1 aromatic carbocycles. The lowest BCUT2D eigenvalue weighted by Crippen LogP contribution is -2.49. The second kappa shape index (κ2) is 8.51. The van der Waals surface area contributed by atoms with Gasteiger partial charge >= 0.3 is 0 Å². The molecule has 1 aromatic heterocycles. The maximum atomic E-state index is 12.8. The van der Waals surface area contributed by atoms with Gasteiger partial charge in [0.2, 0.25) is 11.8 Å². The number of hydrogen-bond acceptors (Lipinski definition) is 5. The Hall–Kier alpha value is -3.09. The number of hydrogen-bond donors (Lipinski definition) is 1. The molecule has 2 aliphatic rings. The molecule has 0 radical (unpaired) electrons. The minimum Gasteiger partial charge on any atom is -0.492 e. The van der Waals surface area contributed by atoms with Crippen LogP contribution in [-0.2, 0) is 9.59 Å². The van der Waals surface area contributed by atoms with E-state index in [1.165, 1.54) is 0 Å². The lowest BCUT2D eigenvalue weighted by molar-refractivity contribution is -0.134. The van der Waals surface area contributed by atoms with E-state index in [1.54, 1.807) is 6.20 Å². The average molecular weight is 394 g/mol. The van der Waals surface area contributed by atoms with Crippen molar-refractivity contribution in [2.45, 2.75) is 13.3 Å². The summed E-state index contributed by atoms with van der Waals surface area (Å²) in [6, 6.07) is 13.2. The van der Waals surface area contributed by atoms with Gasteiger partial charge in [0, 0.05) is 32.4 Å². The van der Waals surface area contributed by atoms with Gasteiger partial charge in [-0.05, 0) is 37.6 Å². The van der Waals surface area contributed by atoms with E-state index in [2.05, 4.69) is 15.2 Å². The average Bonchev–Trinajstić information content (AvgIpc) is 3.57. The number of carbonyl (C=O) groups excluding carboxylic acids is 2. The van der Waals surface area contributed by atoms with E-state index in [9.17, 15) is 9.59 Å². The van der Waals surface area contributed by atoms with Crippen molar-refractivity contribution in [2.24, 2.45) is 11.8 Å². The van der Waals surface area contributed by atoms with Gasteiger partial charge in [0.15, 0.2) is 0 Å². The molecule has 1 aliphatic carbocycles.